The molecule has 0 bridgehead atoms. The minimum Gasteiger partial charge on any atom is -0.352 e. The Bertz CT molecular complexity index is 793. The summed E-state index contributed by atoms with van der Waals surface area (Å²) in [5, 5.41) is 3.29. The first-order chi connectivity index (χ1) is 12.0. The second-order valence-corrected chi connectivity index (χ2v) is 6.35. The maximum absolute atomic E-state index is 12.9. The largest absolute Gasteiger partial charge is 0.352 e. The highest BCUT2D eigenvalue weighted by atomic mass is 35.5. The lowest BCUT2D eigenvalue weighted by Crippen LogP contribution is -2.27. The van der Waals surface area contributed by atoms with Crippen LogP contribution in [-0.2, 0) is 11.2 Å². The molecule has 0 radical (unpaired) electrons. The summed E-state index contributed by atoms with van der Waals surface area (Å²) in [5.41, 5.74) is 1.98. The third-order valence-electron chi connectivity index (χ3n) is 4.19. The summed E-state index contributed by atoms with van der Waals surface area (Å²) < 4.78 is 12.9. The van der Waals surface area contributed by atoms with Crippen LogP contribution >= 0.6 is 11.6 Å². The van der Waals surface area contributed by atoms with Crippen LogP contribution in [0.5, 0.6) is 0 Å². The molecule has 25 heavy (non-hydrogen) atoms. The van der Waals surface area contributed by atoms with E-state index in [9.17, 15) is 14.0 Å². The number of hydrogen-bond donors (Lipinski definition) is 1. The van der Waals surface area contributed by atoms with E-state index in [-0.39, 0.29) is 17.6 Å². The molecule has 2 amide bonds. The predicted molar refractivity (Wildman–Crippen MR) is 95.5 cm³/mol. The summed E-state index contributed by atoms with van der Waals surface area (Å²) in [6, 6.07) is 11.1. The van der Waals surface area contributed by atoms with Gasteiger partial charge in [0.1, 0.15) is 5.82 Å². The van der Waals surface area contributed by atoms with Crippen molar-refractivity contribution in [3.05, 3.63) is 64.4 Å². The van der Waals surface area contributed by atoms with Crippen LogP contribution in [0.1, 0.15) is 28.8 Å². The Morgan fingerprint density at radius 3 is 2.64 bits per heavy atom. The van der Waals surface area contributed by atoms with Gasteiger partial charge in [0.2, 0.25) is 5.91 Å². The number of amides is 2. The molecule has 1 N–H and O–H groups in total. The molecule has 6 heteroatoms. The maximum Gasteiger partial charge on any atom is 0.251 e. The third-order valence-corrected chi connectivity index (χ3v) is 4.50. The molecule has 3 rings (SSSR count). The van der Waals surface area contributed by atoms with E-state index in [4.69, 9.17) is 11.6 Å². The fraction of sp³-hybridized carbons (Fsp3) is 0.263. The lowest BCUT2D eigenvalue weighted by Gasteiger charge is -2.18. The van der Waals surface area contributed by atoms with Crippen molar-refractivity contribution in [2.75, 3.05) is 18.0 Å². The van der Waals surface area contributed by atoms with E-state index in [1.807, 2.05) is 0 Å². The topological polar surface area (TPSA) is 49.4 Å². The van der Waals surface area contributed by atoms with Crippen molar-refractivity contribution in [3.8, 4) is 0 Å². The summed E-state index contributed by atoms with van der Waals surface area (Å²) in [7, 11) is 0. The zero-order valence-corrected chi connectivity index (χ0v) is 14.4. The zero-order chi connectivity index (χ0) is 17.8. The van der Waals surface area contributed by atoms with Gasteiger partial charge in [0.15, 0.2) is 0 Å². The van der Waals surface area contributed by atoms with Crippen LogP contribution in [0.4, 0.5) is 10.1 Å². The molecular formula is C19H18ClFN2O2. The van der Waals surface area contributed by atoms with Crippen molar-refractivity contribution in [1.29, 1.82) is 0 Å². The highest BCUT2D eigenvalue weighted by Crippen LogP contribution is 2.30. The van der Waals surface area contributed by atoms with Crippen molar-refractivity contribution >= 4 is 29.1 Å². The summed E-state index contributed by atoms with van der Waals surface area (Å²) in [4.78, 5) is 25.9. The number of halogens is 2. The number of carbonyl (C=O) groups excluding carboxylic acids is 2. The molecule has 1 fully saturated rings. The molecule has 2 aromatic carbocycles. The van der Waals surface area contributed by atoms with Crippen molar-refractivity contribution in [1.82, 2.24) is 5.32 Å². The normalized spacial score (nSPS) is 14.0. The van der Waals surface area contributed by atoms with Crippen molar-refractivity contribution < 1.29 is 14.0 Å². The van der Waals surface area contributed by atoms with Gasteiger partial charge >= 0.3 is 0 Å². The molecule has 0 unspecified atom stereocenters. The second kappa shape index (κ2) is 7.66. The molecule has 1 aliphatic heterocycles. The molecule has 0 aliphatic carbocycles. The summed E-state index contributed by atoms with van der Waals surface area (Å²) in [6.07, 6.45) is 1.91. The highest BCUT2D eigenvalue weighted by Gasteiger charge is 2.24. The van der Waals surface area contributed by atoms with Crippen molar-refractivity contribution in [2.24, 2.45) is 0 Å². The number of anilines is 1. The van der Waals surface area contributed by atoms with Gasteiger partial charge in [-0.25, -0.2) is 4.39 Å². The Hall–Kier alpha value is -2.40. The van der Waals surface area contributed by atoms with Crippen LogP contribution in [0.25, 0.3) is 0 Å². The molecule has 1 aliphatic rings. The standard InChI is InChI=1S/C19H18ClFN2O2/c20-16-8-5-14(12-17(16)23-11-1-2-18(23)24)19(25)22-10-9-13-3-6-15(21)7-4-13/h3-8,12H,1-2,9-11H2,(H,22,25). The molecular weight excluding hydrogens is 343 g/mol. The molecule has 2 aromatic rings. The first-order valence-corrected chi connectivity index (χ1v) is 8.55. The number of nitrogens with one attached hydrogen (secondary N) is 1. The molecule has 0 aromatic heterocycles. The van der Waals surface area contributed by atoms with Gasteiger partial charge in [0.05, 0.1) is 10.7 Å². The summed E-state index contributed by atoms with van der Waals surface area (Å²) in [6.45, 7) is 1.05. The maximum atomic E-state index is 12.9. The minimum atomic E-state index is -0.280. The van der Waals surface area contributed by atoms with E-state index in [0.29, 0.717) is 42.2 Å². The molecule has 1 saturated heterocycles. The highest BCUT2D eigenvalue weighted by molar-refractivity contribution is 6.34. The fourth-order valence-electron chi connectivity index (χ4n) is 2.84. The Labute approximate surface area is 150 Å². The van der Waals surface area contributed by atoms with E-state index < -0.39 is 0 Å². The van der Waals surface area contributed by atoms with Crippen LogP contribution in [0, 0.1) is 5.82 Å². The first-order valence-electron chi connectivity index (χ1n) is 8.17. The molecule has 1 heterocycles. The van der Waals surface area contributed by atoms with Gasteiger partial charge in [-0.1, -0.05) is 23.7 Å². The van der Waals surface area contributed by atoms with E-state index >= 15 is 0 Å². The van der Waals surface area contributed by atoms with Crippen LogP contribution in [0.3, 0.4) is 0 Å². The van der Waals surface area contributed by atoms with E-state index in [2.05, 4.69) is 5.32 Å². The summed E-state index contributed by atoms with van der Waals surface area (Å²) in [5.74, 6) is -0.486. The second-order valence-electron chi connectivity index (χ2n) is 5.95. The SMILES string of the molecule is O=C(NCCc1ccc(F)cc1)c1ccc(Cl)c(N2CCCC2=O)c1. The smallest absolute Gasteiger partial charge is 0.251 e. The number of hydrogen-bond acceptors (Lipinski definition) is 2. The molecule has 0 spiro atoms. The predicted octanol–water partition coefficient (Wildman–Crippen LogP) is 3.58. The third kappa shape index (κ3) is 4.17. The van der Waals surface area contributed by atoms with Crippen molar-refractivity contribution in [3.63, 3.8) is 0 Å². The van der Waals surface area contributed by atoms with Crippen molar-refractivity contribution in [2.45, 2.75) is 19.3 Å². The van der Waals surface area contributed by atoms with Gasteiger partial charge in [-0.3, -0.25) is 9.59 Å². The summed E-state index contributed by atoms with van der Waals surface area (Å²) >= 11 is 6.19. The first kappa shape index (κ1) is 17.4. The molecule has 0 atom stereocenters. The number of benzene rings is 2. The fourth-order valence-corrected chi connectivity index (χ4v) is 3.06. The Morgan fingerprint density at radius 1 is 1.20 bits per heavy atom. The van der Waals surface area contributed by atoms with Gasteiger partial charge in [0, 0.05) is 25.1 Å². The average molecular weight is 361 g/mol. The van der Waals surface area contributed by atoms with Crippen LogP contribution in [0.2, 0.25) is 5.02 Å². The van der Waals surface area contributed by atoms with Gasteiger partial charge in [-0.05, 0) is 48.7 Å². The van der Waals surface area contributed by atoms with Gasteiger partial charge in [-0.15, -0.1) is 0 Å². The van der Waals surface area contributed by atoms with Crippen LogP contribution in [-0.4, -0.2) is 24.9 Å². The number of rotatable bonds is 5. The lowest BCUT2D eigenvalue weighted by atomic mass is 10.1. The molecule has 4 nitrogen and oxygen atoms in total. The van der Waals surface area contributed by atoms with Gasteiger partial charge in [0.25, 0.3) is 5.91 Å². The number of carbonyl (C=O) groups is 2. The minimum absolute atomic E-state index is 0.0239. The Balaban J connectivity index is 1.63. The van der Waals surface area contributed by atoms with Gasteiger partial charge < -0.3 is 10.2 Å². The Kier molecular flexibility index (Phi) is 5.34. The lowest BCUT2D eigenvalue weighted by molar-refractivity contribution is -0.117. The number of nitrogens with zero attached hydrogens (tertiary/aromatic N) is 1. The van der Waals surface area contributed by atoms with Crippen LogP contribution < -0.4 is 10.2 Å². The van der Waals surface area contributed by atoms with E-state index in [0.717, 1.165) is 12.0 Å². The van der Waals surface area contributed by atoms with Gasteiger partial charge in [-0.2, -0.15) is 0 Å². The van der Waals surface area contributed by atoms with E-state index in [1.165, 1.54) is 12.1 Å². The zero-order valence-electron chi connectivity index (χ0n) is 13.6. The Morgan fingerprint density at radius 2 is 1.96 bits per heavy atom. The molecule has 130 valence electrons. The molecule has 0 saturated carbocycles. The van der Waals surface area contributed by atoms with Crippen LogP contribution in [0.15, 0.2) is 42.5 Å². The monoisotopic (exact) mass is 360 g/mol. The average Bonchev–Trinajstić information content (AvgIpc) is 3.03. The van der Waals surface area contributed by atoms with E-state index in [1.54, 1.807) is 35.2 Å². The quantitative estimate of drug-likeness (QED) is 0.886.